The molecule has 0 radical (unpaired) electrons. The quantitative estimate of drug-likeness (QED) is 0.300. The van der Waals surface area contributed by atoms with Gasteiger partial charge in [0, 0.05) is 53.9 Å². The zero-order chi connectivity index (χ0) is 27.6. The fraction of sp³-hybridized carbons (Fsp3) is 0.207. The molecule has 0 fully saturated rings. The van der Waals surface area contributed by atoms with E-state index in [9.17, 15) is 18.0 Å². The van der Waals surface area contributed by atoms with Crippen LogP contribution in [-0.2, 0) is 19.1 Å². The highest BCUT2D eigenvalue weighted by atomic mass is 19.4. The molecule has 3 aromatic carbocycles. The highest BCUT2D eigenvalue weighted by molar-refractivity contribution is 6.04. The van der Waals surface area contributed by atoms with Gasteiger partial charge in [-0.2, -0.15) is 13.2 Å². The summed E-state index contributed by atoms with van der Waals surface area (Å²) < 4.78 is 44.4. The number of fused-ring (bicyclic) bond motifs is 1. The van der Waals surface area contributed by atoms with Crippen molar-refractivity contribution in [2.75, 3.05) is 29.2 Å². The Morgan fingerprint density at radius 3 is 2.54 bits per heavy atom. The lowest BCUT2D eigenvalue weighted by Gasteiger charge is -2.31. The molecule has 1 aliphatic heterocycles. The minimum Gasteiger partial charge on any atom is -0.497 e. The number of carbonyl (C=O) groups is 1. The Morgan fingerprint density at radius 1 is 1.03 bits per heavy atom. The smallest absolute Gasteiger partial charge is 0.416 e. The maximum absolute atomic E-state index is 13.1. The number of hydrogen-bond donors (Lipinski definition) is 2. The Kier molecular flexibility index (Phi) is 7.10. The number of halogens is 3. The van der Waals surface area contributed by atoms with E-state index in [4.69, 9.17) is 9.72 Å². The lowest BCUT2D eigenvalue weighted by Crippen LogP contribution is -2.32. The first-order valence-corrected chi connectivity index (χ1v) is 12.3. The highest BCUT2D eigenvalue weighted by Gasteiger charge is 2.31. The Bertz CT molecular complexity index is 1510. The lowest BCUT2D eigenvalue weighted by atomic mass is 10.0. The van der Waals surface area contributed by atoms with Crippen LogP contribution in [-0.4, -0.2) is 29.5 Å². The monoisotopic (exact) mass is 533 g/mol. The highest BCUT2D eigenvalue weighted by Crippen LogP contribution is 2.31. The topological polar surface area (TPSA) is 79.4 Å². The molecule has 2 N–H and O–H groups in total. The van der Waals surface area contributed by atoms with Crippen molar-refractivity contribution in [3.63, 3.8) is 0 Å². The normalized spacial score (nSPS) is 13.0. The molecule has 5 rings (SSSR count). The van der Waals surface area contributed by atoms with E-state index in [1.165, 1.54) is 12.1 Å². The minimum absolute atomic E-state index is 0.0601. The second-order valence-electron chi connectivity index (χ2n) is 9.22. The number of aromatic nitrogens is 2. The third kappa shape index (κ3) is 5.95. The molecule has 0 atom stereocenters. The molecule has 200 valence electrons. The first kappa shape index (κ1) is 26.0. The van der Waals surface area contributed by atoms with Crippen LogP contribution >= 0.6 is 0 Å². The van der Waals surface area contributed by atoms with Crippen LogP contribution in [0.1, 0.15) is 32.7 Å². The van der Waals surface area contributed by atoms with Gasteiger partial charge in [-0.05, 0) is 67.1 Å². The maximum Gasteiger partial charge on any atom is 0.416 e. The molecule has 4 aromatic rings. The van der Waals surface area contributed by atoms with Crippen molar-refractivity contribution < 1.29 is 22.7 Å². The second-order valence-corrected chi connectivity index (χ2v) is 9.22. The van der Waals surface area contributed by atoms with Crippen molar-refractivity contribution in [1.82, 2.24) is 9.97 Å². The van der Waals surface area contributed by atoms with Crippen LogP contribution in [0.3, 0.4) is 0 Å². The molecule has 10 heteroatoms. The summed E-state index contributed by atoms with van der Waals surface area (Å²) in [4.78, 5) is 24.1. The predicted octanol–water partition coefficient (Wildman–Crippen LogP) is 6.37. The Hall–Kier alpha value is -4.60. The molecular formula is C29H26F3N5O2. The van der Waals surface area contributed by atoms with Crippen LogP contribution in [0.4, 0.5) is 36.2 Å². The molecule has 1 amide bonds. The number of alkyl halides is 3. The van der Waals surface area contributed by atoms with Crippen molar-refractivity contribution in [3.05, 3.63) is 101 Å². The van der Waals surface area contributed by atoms with Gasteiger partial charge in [-0.25, -0.2) is 9.97 Å². The van der Waals surface area contributed by atoms with Crippen molar-refractivity contribution in [3.8, 4) is 5.75 Å². The van der Waals surface area contributed by atoms with Gasteiger partial charge < -0.3 is 20.3 Å². The molecular weight excluding hydrogens is 507 g/mol. The summed E-state index contributed by atoms with van der Waals surface area (Å²) in [6.07, 6.45) is -2.00. The number of anilines is 4. The first-order valence-electron chi connectivity index (χ1n) is 12.3. The summed E-state index contributed by atoms with van der Waals surface area (Å²) in [5.74, 6) is 0.676. The van der Waals surface area contributed by atoms with Crippen LogP contribution in [0.15, 0.2) is 72.9 Å². The Morgan fingerprint density at radius 2 is 1.79 bits per heavy atom. The average Bonchev–Trinajstić information content (AvgIpc) is 2.94. The van der Waals surface area contributed by atoms with E-state index in [2.05, 4.69) is 20.5 Å². The largest absolute Gasteiger partial charge is 0.497 e. The fourth-order valence-electron chi connectivity index (χ4n) is 4.45. The zero-order valence-electron chi connectivity index (χ0n) is 21.3. The summed E-state index contributed by atoms with van der Waals surface area (Å²) in [6.45, 7) is 3.27. The number of benzene rings is 3. The van der Waals surface area contributed by atoms with Gasteiger partial charge in [-0.3, -0.25) is 4.79 Å². The van der Waals surface area contributed by atoms with Crippen molar-refractivity contribution >= 4 is 28.9 Å². The van der Waals surface area contributed by atoms with E-state index in [1.54, 1.807) is 13.2 Å². The fourth-order valence-corrected chi connectivity index (χ4v) is 4.45. The number of amides is 1. The summed E-state index contributed by atoms with van der Waals surface area (Å²) in [5, 5.41) is 5.94. The van der Waals surface area contributed by atoms with Crippen LogP contribution in [0.2, 0.25) is 0 Å². The SMILES string of the molecule is COc1ccc(Nc2ncc3c(n2)CCN(c2cc(NC(=O)c4cccc(C(F)(F)F)c4)ccc2C)C3)cc1. The zero-order valence-corrected chi connectivity index (χ0v) is 21.3. The summed E-state index contributed by atoms with van der Waals surface area (Å²) in [6, 6.07) is 17.3. The van der Waals surface area contributed by atoms with Gasteiger partial charge in [-0.15, -0.1) is 0 Å². The number of hydrogen-bond acceptors (Lipinski definition) is 6. The van der Waals surface area contributed by atoms with Crippen molar-refractivity contribution in [1.29, 1.82) is 0 Å². The third-order valence-electron chi connectivity index (χ3n) is 6.54. The van der Waals surface area contributed by atoms with Crippen LogP contribution in [0, 0.1) is 6.92 Å². The van der Waals surface area contributed by atoms with E-state index in [1.807, 2.05) is 49.5 Å². The van der Waals surface area contributed by atoms with Gasteiger partial charge in [0.25, 0.3) is 5.91 Å². The van der Waals surface area contributed by atoms with E-state index >= 15 is 0 Å². The molecule has 0 bridgehead atoms. The Labute approximate surface area is 223 Å². The predicted molar refractivity (Wildman–Crippen MR) is 144 cm³/mol. The van der Waals surface area contributed by atoms with E-state index in [0.717, 1.165) is 46.1 Å². The van der Waals surface area contributed by atoms with Gasteiger partial charge in [-0.1, -0.05) is 12.1 Å². The second kappa shape index (κ2) is 10.6. The van der Waals surface area contributed by atoms with Crippen LogP contribution < -0.4 is 20.3 Å². The molecule has 0 saturated carbocycles. The molecule has 0 unspecified atom stereocenters. The summed E-state index contributed by atoms with van der Waals surface area (Å²) in [7, 11) is 1.62. The number of ether oxygens (including phenoxy) is 1. The number of methoxy groups -OCH3 is 1. The molecule has 7 nitrogen and oxygen atoms in total. The molecule has 0 spiro atoms. The number of nitrogens with zero attached hydrogens (tertiary/aromatic N) is 3. The van der Waals surface area contributed by atoms with E-state index in [-0.39, 0.29) is 5.56 Å². The minimum atomic E-state index is -4.52. The molecule has 0 aliphatic carbocycles. The lowest BCUT2D eigenvalue weighted by molar-refractivity contribution is -0.137. The molecule has 1 aromatic heterocycles. The van der Waals surface area contributed by atoms with Gasteiger partial charge in [0.05, 0.1) is 18.4 Å². The van der Waals surface area contributed by atoms with Gasteiger partial charge in [0.1, 0.15) is 5.75 Å². The first-order chi connectivity index (χ1) is 18.7. The third-order valence-corrected chi connectivity index (χ3v) is 6.54. The number of carbonyl (C=O) groups excluding carboxylic acids is 1. The van der Waals surface area contributed by atoms with Crippen molar-refractivity contribution in [2.24, 2.45) is 0 Å². The maximum atomic E-state index is 13.1. The summed E-state index contributed by atoms with van der Waals surface area (Å²) >= 11 is 0. The standard InChI is InChI=1S/C29H26F3N5O2/c1-18-6-7-23(34-27(38)19-4-3-5-21(14-19)29(30,31)32)15-26(18)37-13-12-25-20(17-37)16-33-28(36-25)35-22-8-10-24(39-2)11-9-22/h3-11,14-16H,12-13,17H2,1-2H3,(H,34,38)(H,33,35,36). The molecule has 39 heavy (non-hydrogen) atoms. The van der Waals surface area contributed by atoms with Crippen molar-refractivity contribution in [2.45, 2.75) is 26.1 Å². The number of aryl methyl sites for hydroxylation is 1. The average molecular weight is 534 g/mol. The van der Waals surface area contributed by atoms with Gasteiger partial charge >= 0.3 is 6.18 Å². The van der Waals surface area contributed by atoms with Crippen LogP contribution in [0.5, 0.6) is 5.75 Å². The van der Waals surface area contributed by atoms with E-state index < -0.39 is 17.6 Å². The molecule has 1 aliphatic rings. The van der Waals surface area contributed by atoms with E-state index in [0.29, 0.717) is 31.1 Å². The number of rotatable bonds is 6. The Balaban J connectivity index is 1.29. The van der Waals surface area contributed by atoms with Gasteiger partial charge in [0.2, 0.25) is 5.95 Å². The molecule has 0 saturated heterocycles. The summed E-state index contributed by atoms with van der Waals surface area (Å²) in [5.41, 5.74) is 4.32. The van der Waals surface area contributed by atoms with Crippen LogP contribution in [0.25, 0.3) is 0 Å². The number of nitrogens with one attached hydrogen (secondary N) is 2. The van der Waals surface area contributed by atoms with Gasteiger partial charge in [0.15, 0.2) is 0 Å². The molecule has 2 heterocycles.